The maximum atomic E-state index is 12.2. The Morgan fingerprint density at radius 3 is 2.47 bits per heavy atom. The minimum Gasteiger partial charge on any atom is -0.299 e. The van der Waals surface area contributed by atoms with Crippen LogP contribution in [-0.4, -0.2) is 17.3 Å². The van der Waals surface area contributed by atoms with E-state index in [-0.39, 0.29) is 36.1 Å². The van der Waals surface area contributed by atoms with Crippen LogP contribution in [0.1, 0.15) is 42.5 Å². The van der Waals surface area contributed by atoms with Crippen molar-refractivity contribution in [3.05, 3.63) is 35.9 Å². The molecule has 0 amide bonds. The van der Waals surface area contributed by atoms with Gasteiger partial charge >= 0.3 is 0 Å². The van der Waals surface area contributed by atoms with Crippen LogP contribution in [0, 0.1) is 11.3 Å². The van der Waals surface area contributed by atoms with Crippen molar-refractivity contribution < 1.29 is 14.4 Å². The summed E-state index contributed by atoms with van der Waals surface area (Å²) >= 11 is 0. The highest BCUT2D eigenvalue weighted by atomic mass is 16.2. The first kappa shape index (κ1) is 12.3. The molecular formula is C16H16O3. The fourth-order valence-electron chi connectivity index (χ4n) is 3.26. The second-order valence-corrected chi connectivity index (χ2v) is 5.55. The summed E-state index contributed by atoms with van der Waals surface area (Å²) in [6, 6.07) is 8.99. The van der Waals surface area contributed by atoms with Crippen molar-refractivity contribution in [2.45, 2.75) is 32.1 Å². The predicted octanol–water partition coefficient (Wildman–Crippen LogP) is 2.59. The van der Waals surface area contributed by atoms with Gasteiger partial charge in [-0.3, -0.25) is 14.4 Å². The average molecular weight is 256 g/mol. The van der Waals surface area contributed by atoms with Gasteiger partial charge in [0.15, 0.2) is 5.78 Å². The monoisotopic (exact) mass is 256 g/mol. The molecule has 3 nitrogen and oxygen atoms in total. The van der Waals surface area contributed by atoms with Crippen LogP contribution in [0.25, 0.3) is 0 Å². The Morgan fingerprint density at radius 1 is 1.16 bits per heavy atom. The first-order chi connectivity index (χ1) is 9.14. The predicted molar refractivity (Wildman–Crippen MR) is 69.8 cm³/mol. The second-order valence-electron chi connectivity index (χ2n) is 5.55. The largest absolute Gasteiger partial charge is 0.299 e. The van der Waals surface area contributed by atoms with E-state index in [0.29, 0.717) is 12.0 Å². The van der Waals surface area contributed by atoms with Crippen molar-refractivity contribution in [1.29, 1.82) is 0 Å². The molecule has 0 bridgehead atoms. The van der Waals surface area contributed by atoms with E-state index in [1.54, 1.807) is 12.1 Å². The van der Waals surface area contributed by atoms with E-state index in [0.717, 1.165) is 12.8 Å². The molecule has 3 rings (SSSR count). The van der Waals surface area contributed by atoms with Crippen molar-refractivity contribution in [1.82, 2.24) is 0 Å². The molecule has 2 aliphatic rings. The second kappa shape index (κ2) is 4.41. The van der Waals surface area contributed by atoms with E-state index in [1.165, 1.54) is 0 Å². The SMILES string of the molecule is O=C(CCC(=O)C12CC1CCC2=O)c1ccccc1. The molecule has 0 radical (unpaired) electrons. The van der Waals surface area contributed by atoms with Crippen molar-refractivity contribution in [2.24, 2.45) is 11.3 Å². The third kappa shape index (κ3) is 1.93. The average Bonchev–Trinajstić information content (AvgIpc) is 3.11. The molecular weight excluding hydrogens is 240 g/mol. The summed E-state index contributed by atoms with van der Waals surface area (Å²) in [5.41, 5.74) is -0.0327. The minimum atomic E-state index is -0.670. The van der Waals surface area contributed by atoms with Gasteiger partial charge in [0.1, 0.15) is 11.6 Å². The lowest BCUT2D eigenvalue weighted by molar-refractivity contribution is -0.133. The molecule has 2 fully saturated rings. The van der Waals surface area contributed by atoms with Gasteiger partial charge in [-0.15, -0.1) is 0 Å². The lowest BCUT2D eigenvalue weighted by Gasteiger charge is -2.08. The summed E-state index contributed by atoms with van der Waals surface area (Å²) in [5, 5.41) is 0. The molecule has 2 aliphatic carbocycles. The number of ketones is 3. The highest BCUT2D eigenvalue weighted by Crippen LogP contribution is 2.62. The van der Waals surface area contributed by atoms with Crippen molar-refractivity contribution >= 4 is 17.3 Å². The van der Waals surface area contributed by atoms with Gasteiger partial charge in [-0.25, -0.2) is 0 Å². The number of benzene rings is 1. The Hall–Kier alpha value is -1.77. The van der Waals surface area contributed by atoms with E-state index in [1.807, 2.05) is 18.2 Å². The molecule has 1 aromatic rings. The first-order valence-electron chi connectivity index (χ1n) is 6.79. The topological polar surface area (TPSA) is 51.2 Å². The number of hydrogen-bond donors (Lipinski definition) is 0. The number of carbonyl (C=O) groups excluding carboxylic acids is 3. The maximum Gasteiger partial charge on any atom is 0.163 e. The van der Waals surface area contributed by atoms with Crippen LogP contribution in [0.15, 0.2) is 30.3 Å². The lowest BCUT2D eigenvalue weighted by atomic mass is 9.92. The molecule has 3 heteroatoms. The van der Waals surface area contributed by atoms with Crippen LogP contribution in [0.3, 0.4) is 0 Å². The molecule has 1 aromatic carbocycles. The molecule has 98 valence electrons. The Kier molecular flexibility index (Phi) is 2.85. The lowest BCUT2D eigenvalue weighted by Crippen LogP contribution is -2.24. The maximum absolute atomic E-state index is 12.2. The smallest absolute Gasteiger partial charge is 0.163 e. The molecule has 0 aromatic heterocycles. The van der Waals surface area contributed by atoms with Crippen LogP contribution < -0.4 is 0 Å². The van der Waals surface area contributed by atoms with Gasteiger partial charge in [-0.2, -0.15) is 0 Å². The zero-order valence-corrected chi connectivity index (χ0v) is 10.7. The molecule has 2 saturated carbocycles. The quantitative estimate of drug-likeness (QED) is 0.601. The molecule has 0 aliphatic heterocycles. The molecule has 0 N–H and O–H groups in total. The fourth-order valence-corrected chi connectivity index (χ4v) is 3.26. The highest BCUT2D eigenvalue weighted by Gasteiger charge is 2.66. The Labute approximate surface area is 112 Å². The minimum absolute atomic E-state index is 0.00992. The van der Waals surface area contributed by atoms with Gasteiger partial charge in [-0.1, -0.05) is 30.3 Å². The summed E-state index contributed by atoms with van der Waals surface area (Å²) < 4.78 is 0. The van der Waals surface area contributed by atoms with Gasteiger partial charge in [-0.05, 0) is 18.8 Å². The van der Waals surface area contributed by atoms with E-state index in [2.05, 4.69) is 0 Å². The molecule has 2 unspecified atom stereocenters. The molecule has 0 spiro atoms. The molecule has 0 heterocycles. The number of rotatable bonds is 5. The van der Waals surface area contributed by atoms with Gasteiger partial charge in [0.25, 0.3) is 0 Å². The van der Waals surface area contributed by atoms with E-state index >= 15 is 0 Å². The van der Waals surface area contributed by atoms with Crippen LogP contribution >= 0.6 is 0 Å². The number of carbonyl (C=O) groups is 3. The van der Waals surface area contributed by atoms with Gasteiger partial charge in [0.05, 0.1) is 5.41 Å². The summed E-state index contributed by atoms with van der Waals surface area (Å²) in [4.78, 5) is 35.9. The normalized spacial score (nSPS) is 28.0. The van der Waals surface area contributed by atoms with Crippen LogP contribution in [-0.2, 0) is 9.59 Å². The van der Waals surface area contributed by atoms with Crippen molar-refractivity contribution in [3.63, 3.8) is 0 Å². The first-order valence-corrected chi connectivity index (χ1v) is 6.79. The van der Waals surface area contributed by atoms with Crippen LogP contribution in [0.5, 0.6) is 0 Å². The third-order valence-corrected chi connectivity index (χ3v) is 4.50. The van der Waals surface area contributed by atoms with E-state index in [4.69, 9.17) is 0 Å². The zero-order chi connectivity index (χ0) is 13.5. The summed E-state index contributed by atoms with van der Waals surface area (Å²) in [6.45, 7) is 0. The van der Waals surface area contributed by atoms with Crippen molar-refractivity contribution in [3.8, 4) is 0 Å². The number of fused-ring (bicyclic) bond motifs is 1. The Morgan fingerprint density at radius 2 is 1.89 bits per heavy atom. The zero-order valence-electron chi connectivity index (χ0n) is 10.7. The highest BCUT2D eigenvalue weighted by molar-refractivity contribution is 6.13. The van der Waals surface area contributed by atoms with E-state index in [9.17, 15) is 14.4 Å². The van der Waals surface area contributed by atoms with E-state index < -0.39 is 5.41 Å². The number of hydrogen-bond acceptors (Lipinski definition) is 3. The fraction of sp³-hybridized carbons (Fsp3) is 0.438. The summed E-state index contributed by atoms with van der Waals surface area (Å²) in [7, 11) is 0. The third-order valence-electron chi connectivity index (χ3n) is 4.50. The summed E-state index contributed by atoms with van der Waals surface area (Å²) in [6.07, 6.45) is 2.55. The van der Waals surface area contributed by atoms with Crippen LogP contribution in [0.4, 0.5) is 0 Å². The van der Waals surface area contributed by atoms with Gasteiger partial charge in [0, 0.05) is 24.8 Å². The number of Topliss-reactive ketones (excluding diaryl/α,β-unsaturated/α-hetero) is 3. The molecule has 19 heavy (non-hydrogen) atoms. The van der Waals surface area contributed by atoms with Crippen LogP contribution in [0.2, 0.25) is 0 Å². The molecule has 0 saturated heterocycles. The van der Waals surface area contributed by atoms with Gasteiger partial charge < -0.3 is 0 Å². The Bertz CT molecular complexity index is 546. The standard InChI is InChI=1S/C16H16O3/c17-13(11-4-2-1-3-5-11)7-9-15(19)16-10-12(16)6-8-14(16)18/h1-5,12H,6-10H2. The van der Waals surface area contributed by atoms with Crippen molar-refractivity contribution in [2.75, 3.05) is 0 Å². The molecule has 2 atom stereocenters. The Balaban J connectivity index is 1.60. The van der Waals surface area contributed by atoms with Gasteiger partial charge in [0.2, 0.25) is 0 Å². The summed E-state index contributed by atoms with van der Waals surface area (Å²) in [5.74, 6) is 0.353.